The zero-order valence-electron chi connectivity index (χ0n) is 21.6. The van der Waals surface area contributed by atoms with Crippen LogP contribution in [-0.2, 0) is 16.1 Å². The second kappa shape index (κ2) is 13.2. The predicted molar refractivity (Wildman–Crippen MR) is 140 cm³/mol. The van der Waals surface area contributed by atoms with E-state index in [0.717, 1.165) is 15.9 Å². The van der Waals surface area contributed by atoms with Crippen LogP contribution in [0.1, 0.15) is 34.6 Å². The number of nitrogens with one attached hydrogen (secondary N) is 3. The molecule has 0 radical (unpaired) electrons. The molecule has 206 valence electrons. The van der Waals surface area contributed by atoms with E-state index in [1.54, 1.807) is 36.5 Å². The number of hydrogen-bond donors (Lipinski definition) is 3. The van der Waals surface area contributed by atoms with Crippen molar-refractivity contribution in [3.63, 3.8) is 0 Å². The van der Waals surface area contributed by atoms with Crippen LogP contribution in [0, 0.1) is 11.3 Å². The molecule has 0 fully saturated rings. The van der Waals surface area contributed by atoms with E-state index in [1.807, 2.05) is 32.6 Å². The van der Waals surface area contributed by atoms with Crippen molar-refractivity contribution in [2.24, 2.45) is 0 Å². The molecule has 0 spiro atoms. The van der Waals surface area contributed by atoms with Crippen molar-refractivity contribution in [2.45, 2.75) is 59.4 Å². The summed E-state index contributed by atoms with van der Waals surface area (Å²) in [5.74, 6) is -0.873. The third-order valence-electron chi connectivity index (χ3n) is 5.25. The number of rotatable bonds is 10. The van der Waals surface area contributed by atoms with E-state index in [2.05, 4.69) is 15.6 Å². The van der Waals surface area contributed by atoms with E-state index in [1.165, 1.54) is 6.20 Å². The van der Waals surface area contributed by atoms with Crippen molar-refractivity contribution >= 4 is 46.6 Å². The van der Waals surface area contributed by atoms with Gasteiger partial charge >= 0.3 is 6.18 Å². The molecule has 0 bridgehead atoms. The molecule has 0 aliphatic rings. The summed E-state index contributed by atoms with van der Waals surface area (Å²) in [7, 11) is 0. The van der Waals surface area contributed by atoms with Crippen molar-refractivity contribution in [3.05, 3.63) is 37.7 Å². The number of aromatic nitrogens is 2. The van der Waals surface area contributed by atoms with Crippen molar-refractivity contribution in [3.8, 4) is 6.07 Å². The fourth-order valence-electron chi connectivity index (χ4n) is 3.49. The highest BCUT2D eigenvalue weighted by molar-refractivity contribution is 7.07. The Morgan fingerprint density at radius 2 is 1.84 bits per heavy atom. The maximum absolute atomic E-state index is 12.8. The Balaban J connectivity index is 2.31. The summed E-state index contributed by atoms with van der Waals surface area (Å²) in [5, 5.41) is 16.6. The first-order valence-electron chi connectivity index (χ1n) is 11.8. The highest BCUT2D eigenvalue weighted by Gasteiger charge is 2.29. The molecule has 0 aromatic carbocycles. The third-order valence-corrected chi connectivity index (χ3v) is 6.38. The van der Waals surface area contributed by atoms with E-state index in [-0.39, 0.29) is 40.3 Å². The molecule has 3 N–H and O–H groups in total. The van der Waals surface area contributed by atoms with Crippen LogP contribution in [0.25, 0.3) is 11.8 Å². The summed E-state index contributed by atoms with van der Waals surface area (Å²) < 4.78 is 38.6. The van der Waals surface area contributed by atoms with Crippen molar-refractivity contribution in [1.29, 1.82) is 5.26 Å². The summed E-state index contributed by atoms with van der Waals surface area (Å²) in [5.41, 5.74) is -1.14. The van der Waals surface area contributed by atoms with Crippen LogP contribution in [0.4, 0.5) is 24.8 Å². The summed E-state index contributed by atoms with van der Waals surface area (Å²) in [6, 6.07) is 6.81. The quantitative estimate of drug-likeness (QED) is 0.407. The molecule has 10 nitrogen and oxygen atoms in total. The van der Waals surface area contributed by atoms with Gasteiger partial charge < -0.3 is 16.0 Å². The largest absolute Gasteiger partial charge is 0.405 e. The second-order valence-electron chi connectivity index (χ2n) is 8.71. The molecular formula is C24H30F3N7O3S. The van der Waals surface area contributed by atoms with Crippen molar-refractivity contribution < 1.29 is 22.8 Å². The average Bonchev–Trinajstić information content (AvgIpc) is 3.14. The van der Waals surface area contributed by atoms with Crippen LogP contribution in [0.2, 0.25) is 0 Å². The number of amides is 2. The Hall–Kier alpha value is -3.70. The average molecular weight is 554 g/mol. The highest BCUT2D eigenvalue weighted by atomic mass is 32.1. The first kappa shape index (κ1) is 30.5. The Labute approximate surface area is 221 Å². The van der Waals surface area contributed by atoms with Crippen LogP contribution >= 0.6 is 11.3 Å². The van der Waals surface area contributed by atoms with E-state index in [0.29, 0.717) is 11.6 Å². The van der Waals surface area contributed by atoms with Crippen LogP contribution in [0.15, 0.2) is 23.0 Å². The molecule has 14 heteroatoms. The second-order valence-corrected chi connectivity index (χ2v) is 9.74. The number of carbonyl (C=O) groups excluding carboxylic acids is 2. The van der Waals surface area contributed by atoms with Gasteiger partial charge in [-0.1, -0.05) is 6.07 Å². The number of hydrogen-bond acceptors (Lipinski definition) is 8. The smallest absolute Gasteiger partial charge is 0.345 e. The van der Waals surface area contributed by atoms with Crippen molar-refractivity contribution in [2.75, 3.05) is 23.7 Å². The van der Waals surface area contributed by atoms with Crippen molar-refractivity contribution in [1.82, 2.24) is 19.8 Å². The van der Waals surface area contributed by atoms with Gasteiger partial charge in [0.1, 0.15) is 33.4 Å². The molecule has 2 amide bonds. The lowest BCUT2D eigenvalue weighted by molar-refractivity contribution is -0.135. The fourth-order valence-corrected chi connectivity index (χ4v) is 4.58. The van der Waals surface area contributed by atoms with E-state index < -0.39 is 29.8 Å². The van der Waals surface area contributed by atoms with Gasteiger partial charge in [0.25, 0.3) is 11.5 Å². The number of carbonyl (C=O) groups is 2. The maximum atomic E-state index is 12.8. The van der Waals surface area contributed by atoms with Crippen LogP contribution in [0.3, 0.4) is 0 Å². The fraction of sp³-hybridized carbons (Fsp3) is 0.458. The van der Waals surface area contributed by atoms with Gasteiger partial charge in [0.05, 0.1) is 6.54 Å². The summed E-state index contributed by atoms with van der Waals surface area (Å²) >= 11 is 0.779. The first-order chi connectivity index (χ1) is 17.8. The third kappa shape index (κ3) is 8.42. The minimum Gasteiger partial charge on any atom is -0.345 e. The van der Waals surface area contributed by atoms with Gasteiger partial charge in [0, 0.05) is 24.8 Å². The summed E-state index contributed by atoms with van der Waals surface area (Å²) in [4.78, 5) is 43.8. The molecule has 0 unspecified atom stereocenters. The lowest BCUT2D eigenvalue weighted by atomic mass is 10.2. The standard InChI is InChI=1S/C24H30F3N7O3S/c1-6-33-22(37)17(38-23(33)16(10-28)21(36)30-13-24(25,26)27)11-29-18-8-7-9-19(31-18)32-20(35)12-34(14(2)3)15(4)5/h7-9,11,14-15H,6,12-13H2,1-5H3,(H,30,36)(H2,29,31,32,35). The molecule has 0 saturated carbocycles. The molecule has 2 aromatic rings. The first-order valence-corrected chi connectivity index (χ1v) is 12.6. The molecule has 2 heterocycles. The number of alkyl halides is 3. The molecule has 2 rings (SSSR count). The molecular weight excluding hydrogens is 523 g/mol. The lowest BCUT2D eigenvalue weighted by Gasteiger charge is -2.29. The number of halogens is 3. The zero-order valence-corrected chi connectivity index (χ0v) is 22.5. The van der Waals surface area contributed by atoms with E-state index >= 15 is 0 Å². The van der Waals surface area contributed by atoms with E-state index in [9.17, 15) is 32.8 Å². The van der Waals surface area contributed by atoms with Crippen LogP contribution in [0.5, 0.6) is 0 Å². The topological polar surface area (TPSA) is 132 Å². The SMILES string of the molecule is CCn1c(=C(C#N)C(=O)NCC(F)(F)F)sc(=CNc2cccc(NC(=O)CN(C(C)C)C(C)C)n2)c1=O. The minimum atomic E-state index is -4.65. The molecule has 38 heavy (non-hydrogen) atoms. The van der Waals surface area contributed by atoms with Gasteiger partial charge in [-0.05, 0) is 46.8 Å². The normalized spacial score (nSPS) is 13.1. The Morgan fingerprint density at radius 1 is 1.21 bits per heavy atom. The highest BCUT2D eigenvalue weighted by Crippen LogP contribution is 2.13. The zero-order chi connectivity index (χ0) is 28.6. The Kier molecular flexibility index (Phi) is 10.6. The maximum Gasteiger partial charge on any atom is 0.405 e. The number of nitriles is 1. The minimum absolute atomic E-state index is 0.0680. The number of thiazole rings is 1. The lowest BCUT2D eigenvalue weighted by Crippen LogP contribution is -2.42. The number of nitrogens with zero attached hydrogens (tertiary/aromatic N) is 4. The molecule has 0 aliphatic carbocycles. The molecule has 2 aromatic heterocycles. The Bertz CT molecular complexity index is 1370. The summed E-state index contributed by atoms with van der Waals surface area (Å²) in [6.45, 7) is 8.27. The molecule has 0 aliphatic heterocycles. The predicted octanol–water partition coefficient (Wildman–Crippen LogP) is 1.58. The molecule has 0 atom stereocenters. The summed E-state index contributed by atoms with van der Waals surface area (Å²) in [6.07, 6.45) is -3.33. The van der Waals surface area contributed by atoms with Gasteiger partial charge in [0.15, 0.2) is 5.57 Å². The van der Waals surface area contributed by atoms with Crippen LogP contribution < -0.4 is 30.7 Å². The van der Waals surface area contributed by atoms with Gasteiger partial charge in [-0.2, -0.15) is 18.4 Å². The van der Waals surface area contributed by atoms with Gasteiger partial charge in [0.2, 0.25) is 5.91 Å². The van der Waals surface area contributed by atoms with E-state index in [4.69, 9.17) is 0 Å². The van der Waals surface area contributed by atoms with Gasteiger partial charge in [-0.3, -0.25) is 23.9 Å². The van der Waals surface area contributed by atoms with Crippen LogP contribution in [-0.4, -0.2) is 57.6 Å². The number of pyridine rings is 1. The van der Waals surface area contributed by atoms with Gasteiger partial charge in [-0.25, -0.2) is 4.98 Å². The monoisotopic (exact) mass is 553 g/mol. The van der Waals surface area contributed by atoms with Gasteiger partial charge in [-0.15, -0.1) is 11.3 Å². The Morgan fingerprint density at radius 3 is 2.39 bits per heavy atom. The number of anilines is 2. The molecule has 0 saturated heterocycles.